The smallest absolute Gasteiger partial charge is 0.335 e. The molecule has 0 aliphatic carbocycles. The molecule has 4 rings (SSSR count). The van der Waals surface area contributed by atoms with Crippen molar-refractivity contribution >= 4 is 29.3 Å². The topological polar surface area (TPSA) is 95.1 Å². The minimum Gasteiger partial charge on any atom is -0.478 e. The summed E-state index contributed by atoms with van der Waals surface area (Å²) in [5, 5.41) is 19.7. The zero-order chi connectivity index (χ0) is 18.3. The number of benzene rings is 2. The molecule has 6 nitrogen and oxygen atoms in total. The Morgan fingerprint density at radius 2 is 1.81 bits per heavy atom. The Balaban J connectivity index is 1.81. The van der Waals surface area contributed by atoms with Crippen LogP contribution in [0.2, 0.25) is 5.02 Å². The van der Waals surface area contributed by atoms with Crippen LogP contribution in [0.5, 0.6) is 0 Å². The Hall–Kier alpha value is -3.12. The molecule has 0 unspecified atom stereocenters. The van der Waals surface area contributed by atoms with Crippen LogP contribution in [0.3, 0.4) is 0 Å². The molecule has 1 aliphatic rings. The van der Waals surface area contributed by atoms with Crippen molar-refractivity contribution < 1.29 is 14.7 Å². The predicted octanol–water partition coefficient (Wildman–Crippen LogP) is 3.90. The normalized spacial score (nSPS) is 16.0. The largest absolute Gasteiger partial charge is 0.478 e. The molecule has 26 heavy (non-hydrogen) atoms. The van der Waals surface area contributed by atoms with Crippen molar-refractivity contribution in [1.82, 2.24) is 10.2 Å². The first kappa shape index (κ1) is 16.4. The maximum absolute atomic E-state index is 12.1. The van der Waals surface area contributed by atoms with Gasteiger partial charge in [0.15, 0.2) is 5.82 Å². The van der Waals surface area contributed by atoms with E-state index in [1.807, 2.05) is 12.1 Å². The van der Waals surface area contributed by atoms with Crippen molar-refractivity contribution in [3.63, 3.8) is 0 Å². The van der Waals surface area contributed by atoms with E-state index in [1.54, 1.807) is 36.4 Å². The van der Waals surface area contributed by atoms with E-state index in [-0.39, 0.29) is 23.8 Å². The van der Waals surface area contributed by atoms with Crippen LogP contribution >= 0.6 is 11.6 Å². The highest BCUT2D eigenvalue weighted by molar-refractivity contribution is 6.30. The summed E-state index contributed by atoms with van der Waals surface area (Å²) in [6.45, 7) is 0. The highest BCUT2D eigenvalue weighted by Crippen LogP contribution is 2.41. The summed E-state index contributed by atoms with van der Waals surface area (Å²) >= 11 is 5.97. The molecule has 1 aliphatic heterocycles. The van der Waals surface area contributed by atoms with Gasteiger partial charge >= 0.3 is 5.97 Å². The molecule has 3 aromatic rings. The first-order valence-corrected chi connectivity index (χ1v) is 8.38. The van der Waals surface area contributed by atoms with E-state index < -0.39 is 5.97 Å². The van der Waals surface area contributed by atoms with Crippen LogP contribution in [0.1, 0.15) is 33.8 Å². The van der Waals surface area contributed by atoms with E-state index in [9.17, 15) is 9.59 Å². The van der Waals surface area contributed by atoms with E-state index in [2.05, 4.69) is 15.5 Å². The van der Waals surface area contributed by atoms with Gasteiger partial charge in [0.2, 0.25) is 5.91 Å². The fourth-order valence-electron chi connectivity index (χ4n) is 3.23. The molecule has 0 spiro atoms. The highest BCUT2D eigenvalue weighted by Gasteiger charge is 2.32. The summed E-state index contributed by atoms with van der Waals surface area (Å²) in [5.74, 6) is -0.827. The van der Waals surface area contributed by atoms with Gasteiger partial charge in [-0.3, -0.25) is 9.89 Å². The van der Waals surface area contributed by atoms with Crippen LogP contribution in [0.25, 0.3) is 11.3 Å². The summed E-state index contributed by atoms with van der Waals surface area (Å²) in [7, 11) is 0. The average Bonchev–Trinajstić information content (AvgIpc) is 3.05. The number of nitrogens with one attached hydrogen (secondary N) is 2. The highest BCUT2D eigenvalue weighted by atomic mass is 35.5. The first-order valence-electron chi connectivity index (χ1n) is 8.00. The Kier molecular flexibility index (Phi) is 3.97. The Morgan fingerprint density at radius 1 is 1.12 bits per heavy atom. The fourth-order valence-corrected chi connectivity index (χ4v) is 3.36. The second kappa shape index (κ2) is 6.31. The van der Waals surface area contributed by atoms with Crippen LogP contribution < -0.4 is 5.32 Å². The maximum Gasteiger partial charge on any atom is 0.335 e. The third-order valence-corrected chi connectivity index (χ3v) is 4.74. The standard InChI is InChI=1S/C19H14ClN3O3/c20-13-7-5-11(6-8-13)17-16-14(9-15(24)21-18(16)23-22-17)10-1-3-12(4-2-10)19(25)26/h1-8,14H,9H2,(H,25,26)(H2,21,22,23,24)/t14-/m1/s1. The van der Waals surface area contributed by atoms with Gasteiger partial charge in [0.1, 0.15) is 0 Å². The Bertz CT molecular complexity index is 994. The zero-order valence-electron chi connectivity index (χ0n) is 13.5. The molecule has 0 bridgehead atoms. The molecule has 0 fully saturated rings. The molecular formula is C19H14ClN3O3. The van der Waals surface area contributed by atoms with Crippen LogP contribution in [-0.2, 0) is 4.79 Å². The second-order valence-corrected chi connectivity index (χ2v) is 6.54. The molecule has 2 aromatic carbocycles. The maximum atomic E-state index is 12.1. The van der Waals surface area contributed by atoms with Crippen molar-refractivity contribution in [2.45, 2.75) is 12.3 Å². The summed E-state index contributed by atoms with van der Waals surface area (Å²) < 4.78 is 0. The minimum absolute atomic E-state index is 0.126. The zero-order valence-corrected chi connectivity index (χ0v) is 14.2. The summed E-state index contributed by atoms with van der Waals surface area (Å²) in [4.78, 5) is 23.2. The number of amides is 1. The van der Waals surface area contributed by atoms with Gasteiger partial charge in [-0.1, -0.05) is 35.9 Å². The molecule has 2 heterocycles. The van der Waals surface area contributed by atoms with E-state index in [0.717, 1.165) is 22.4 Å². The third-order valence-electron chi connectivity index (χ3n) is 4.49. The molecule has 1 amide bonds. The van der Waals surface area contributed by atoms with Crippen molar-refractivity contribution in [1.29, 1.82) is 0 Å². The van der Waals surface area contributed by atoms with Gasteiger partial charge in [-0.05, 0) is 29.8 Å². The number of aromatic carboxylic acids is 1. The lowest BCUT2D eigenvalue weighted by Crippen LogP contribution is -2.23. The number of carbonyl (C=O) groups is 2. The Morgan fingerprint density at radius 3 is 2.46 bits per heavy atom. The van der Waals surface area contributed by atoms with Crippen molar-refractivity contribution in [2.24, 2.45) is 0 Å². The summed E-state index contributed by atoms with van der Waals surface area (Å²) in [5.41, 5.74) is 3.67. The van der Waals surface area contributed by atoms with E-state index in [4.69, 9.17) is 16.7 Å². The van der Waals surface area contributed by atoms with Crippen LogP contribution in [0, 0.1) is 0 Å². The number of anilines is 1. The number of carboxylic acids is 1. The number of nitrogens with zero attached hydrogens (tertiary/aromatic N) is 1. The predicted molar refractivity (Wildman–Crippen MR) is 97.5 cm³/mol. The van der Waals surface area contributed by atoms with Crippen LogP contribution in [0.4, 0.5) is 5.82 Å². The van der Waals surface area contributed by atoms with Gasteiger partial charge in [0.05, 0.1) is 11.3 Å². The number of aromatic amines is 1. The molecule has 0 saturated heterocycles. The molecule has 130 valence electrons. The van der Waals surface area contributed by atoms with Crippen molar-refractivity contribution in [3.05, 3.63) is 70.2 Å². The third kappa shape index (κ3) is 2.84. The van der Waals surface area contributed by atoms with Crippen molar-refractivity contribution in [2.75, 3.05) is 5.32 Å². The van der Waals surface area contributed by atoms with Gasteiger partial charge in [-0.2, -0.15) is 5.10 Å². The Labute approximate surface area is 153 Å². The minimum atomic E-state index is -0.983. The fraction of sp³-hybridized carbons (Fsp3) is 0.105. The number of hydrogen-bond donors (Lipinski definition) is 3. The number of aromatic nitrogens is 2. The first-order chi connectivity index (χ1) is 12.5. The lowest BCUT2D eigenvalue weighted by molar-refractivity contribution is -0.116. The van der Waals surface area contributed by atoms with Crippen molar-refractivity contribution in [3.8, 4) is 11.3 Å². The summed E-state index contributed by atoms with van der Waals surface area (Å²) in [6.07, 6.45) is 0.263. The molecule has 0 radical (unpaired) electrons. The van der Waals surface area contributed by atoms with Crippen LogP contribution in [0.15, 0.2) is 48.5 Å². The molecule has 7 heteroatoms. The van der Waals surface area contributed by atoms with Gasteiger partial charge in [-0.15, -0.1) is 0 Å². The second-order valence-electron chi connectivity index (χ2n) is 6.10. The van der Waals surface area contributed by atoms with E-state index in [0.29, 0.717) is 10.8 Å². The molecule has 0 saturated carbocycles. The number of fused-ring (bicyclic) bond motifs is 1. The average molecular weight is 368 g/mol. The number of halogens is 1. The SMILES string of the molecule is O=C1C[C@H](c2ccc(C(=O)O)cc2)c2c(n[nH]c2-c2ccc(Cl)cc2)N1. The number of hydrogen-bond acceptors (Lipinski definition) is 3. The number of carbonyl (C=O) groups excluding carboxylic acids is 1. The van der Waals surface area contributed by atoms with Crippen LogP contribution in [-0.4, -0.2) is 27.2 Å². The van der Waals surface area contributed by atoms with Gasteiger partial charge in [-0.25, -0.2) is 4.79 Å². The van der Waals surface area contributed by atoms with E-state index in [1.165, 1.54) is 0 Å². The lowest BCUT2D eigenvalue weighted by Gasteiger charge is -2.23. The molecule has 3 N–H and O–H groups in total. The quantitative estimate of drug-likeness (QED) is 0.654. The van der Waals surface area contributed by atoms with Gasteiger partial charge in [0, 0.05) is 28.5 Å². The van der Waals surface area contributed by atoms with E-state index >= 15 is 0 Å². The number of H-pyrrole nitrogens is 1. The monoisotopic (exact) mass is 367 g/mol. The lowest BCUT2D eigenvalue weighted by atomic mass is 9.84. The number of rotatable bonds is 3. The van der Waals surface area contributed by atoms with Gasteiger partial charge in [0.25, 0.3) is 0 Å². The molecule has 1 atom stereocenters. The number of carboxylic acid groups (broad SMARTS) is 1. The molecular weight excluding hydrogens is 354 g/mol. The molecule has 1 aromatic heterocycles. The summed E-state index contributed by atoms with van der Waals surface area (Å²) in [6, 6.07) is 13.9. The van der Waals surface area contributed by atoms with Gasteiger partial charge < -0.3 is 10.4 Å².